The van der Waals surface area contributed by atoms with Gasteiger partial charge in [0, 0.05) is 18.7 Å². The normalized spacial score (nSPS) is 10.1. The van der Waals surface area contributed by atoms with Crippen LogP contribution in [0.3, 0.4) is 0 Å². The van der Waals surface area contributed by atoms with E-state index in [9.17, 15) is 20.2 Å². The number of nitrogens with zero attached hydrogens (tertiary/aromatic N) is 3. The number of nitro benzene ring substituents is 1. The number of nitrogens with one attached hydrogen (secondary N) is 1. The van der Waals surface area contributed by atoms with Crippen molar-refractivity contribution >= 4 is 17.2 Å². The Kier molecular flexibility index (Phi) is 4.39. The lowest BCUT2D eigenvalue weighted by atomic mass is 10.1. The summed E-state index contributed by atoms with van der Waals surface area (Å²) in [7, 11) is 0. The Morgan fingerprint density at radius 1 is 1.05 bits per heavy atom. The number of aromatic nitrogens is 1. The van der Waals surface area contributed by atoms with Crippen LogP contribution in [0.25, 0.3) is 0 Å². The van der Waals surface area contributed by atoms with E-state index >= 15 is 0 Å². The number of hydrogen-bond acceptors (Lipinski definition) is 6. The molecule has 1 heterocycles. The predicted molar refractivity (Wildman–Crippen MR) is 76.2 cm³/mol. The van der Waals surface area contributed by atoms with Crippen LogP contribution >= 0.6 is 0 Å². The van der Waals surface area contributed by atoms with Crippen LogP contribution in [0.4, 0.5) is 17.2 Å². The van der Waals surface area contributed by atoms with Gasteiger partial charge in [-0.1, -0.05) is 12.1 Å². The van der Waals surface area contributed by atoms with Crippen LogP contribution in [0.1, 0.15) is 5.56 Å². The summed E-state index contributed by atoms with van der Waals surface area (Å²) in [5, 5.41) is 24.3. The van der Waals surface area contributed by atoms with Crippen molar-refractivity contribution in [2.75, 3.05) is 11.9 Å². The lowest BCUT2D eigenvalue weighted by Gasteiger charge is -2.06. The highest BCUT2D eigenvalue weighted by Gasteiger charge is 2.13. The minimum atomic E-state index is -0.547. The molecule has 0 fully saturated rings. The average Bonchev–Trinajstić information content (AvgIpc) is 2.48. The van der Waals surface area contributed by atoms with Crippen molar-refractivity contribution in [3.05, 3.63) is 68.4 Å². The van der Waals surface area contributed by atoms with Gasteiger partial charge in [-0.3, -0.25) is 10.1 Å². The van der Waals surface area contributed by atoms with E-state index in [1.165, 1.54) is 18.3 Å². The van der Waals surface area contributed by atoms with Crippen molar-refractivity contribution in [2.45, 2.75) is 6.42 Å². The van der Waals surface area contributed by atoms with Gasteiger partial charge in [0.25, 0.3) is 5.69 Å². The molecule has 0 saturated heterocycles. The Morgan fingerprint density at radius 2 is 1.76 bits per heavy atom. The molecule has 0 radical (unpaired) electrons. The molecule has 0 unspecified atom stereocenters. The first kappa shape index (κ1) is 14.4. The van der Waals surface area contributed by atoms with Gasteiger partial charge >= 0.3 is 5.82 Å². The van der Waals surface area contributed by atoms with Crippen molar-refractivity contribution in [3.8, 4) is 0 Å². The zero-order valence-corrected chi connectivity index (χ0v) is 10.9. The lowest BCUT2D eigenvalue weighted by molar-refractivity contribution is -0.388. The van der Waals surface area contributed by atoms with Gasteiger partial charge in [-0.15, -0.1) is 0 Å². The zero-order chi connectivity index (χ0) is 15.2. The van der Waals surface area contributed by atoms with E-state index in [0.717, 1.165) is 5.56 Å². The van der Waals surface area contributed by atoms with Gasteiger partial charge in [-0.2, -0.15) is 0 Å². The Balaban J connectivity index is 1.95. The van der Waals surface area contributed by atoms with Crippen LogP contribution in [0.2, 0.25) is 0 Å². The Hall–Kier alpha value is -3.03. The second-order valence-electron chi connectivity index (χ2n) is 4.23. The predicted octanol–water partition coefficient (Wildman–Crippen LogP) is 2.55. The number of pyridine rings is 1. The summed E-state index contributed by atoms with van der Waals surface area (Å²) in [6.07, 6.45) is 1.95. The molecule has 0 spiro atoms. The highest BCUT2D eigenvalue weighted by atomic mass is 16.6. The molecule has 108 valence electrons. The van der Waals surface area contributed by atoms with Gasteiger partial charge in [-0.25, -0.2) is 0 Å². The minimum absolute atomic E-state index is 0.0367. The maximum Gasteiger partial charge on any atom is 0.386 e. The maximum atomic E-state index is 10.8. The molecule has 1 aromatic heterocycles. The number of anilines is 1. The second kappa shape index (κ2) is 6.42. The molecule has 8 heteroatoms. The fourth-order valence-electron chi connectivity index (χ4n) is 1.81. The van der Waals surface area contributed by atoms with E-state index in [4.69, 9.17) is 0 Å². The van der Waals surface area contributed by atoms with Crippen LogP contribution in [-0.2, 0) is 6.42 Å². The number of benzene rings is 1. The summed E-state index contributed by atoms with van der Waals surface area (Å²) in [5.74, 6) is -0.221. The molecule has 2 aromatic rings. The summed E-state index contributed by atoms with van der Waals surface area (Å²) in [5.41, 5.74) is 1.29. The molecule has 0 amide bonds. The summed E-state index contributed by atoms with van der Waals surface area (Å²) in [6, 6.07) is 9.39. The van der Waals surface area contributed by atoms with E-state index in [-0.39, 0.29) is 11.5 Å². The van der Waals surface area contributed by atoms with Gasteiger partial charge in [0.2, 0.25) is 0 Å². The molecular formula is C13H12N4O4. The van der Waals surface area contributed by atoms with Crippen molar-refractivity contribution < 1.29 is 9.85 Å². The van der Waals surface area contributed by atoms with Gasteiger partial charge < -0.3 is 15.4 Å². The van der Waals surface area contributed by atoms with Crippen LogP contribution < -0.4 is 5.32 Å². The first-order chi connectivity index (χ1) is 10.1. The van der Waals surface area contributed by atoms with Crippen molar-refractivity contribution in [1.82, 2.24) is 4.98 Å². The summed E-state index contributed by atoms with van der Waals surface area (Å²) < 4.78 is 0. The molecule has 0 aliphatic rings. The van der Waals surface area contributed by atoms with Crippen molar-refractivity contribution in [3.63, 3.8) is 0 Å². The summed E-state index contributed by atoms with van der Waals surface area (Å²) in [4.78, 5) is 24.0. The Bertz CT molecular complexity index is 657. The van der Waals surface area contributed by atoms with Gasteiger partial charge in [-0.05, 0) is 34.0 Å². The van der Waals surface area contributed by atoms with Crippen molar-refractivity contribution in [2.24, 2.45) is 0 Å². The van der Waals surface area contributed by atoms with E-state index in [0.29, 0.717) is 18.7 Å². The fourth-order valence-corrected chi connectivity index (χ4v) is 1.81. The third-order valence-corrected chi connectivity index (χ3v) is 2.84. The van der Waals surface area contributed by atoms with Gasteiger partial charge in [0.1, 0.15) is 11.9 Å². The molecule has 0 aliphatic carbocycles. The number of rotatable bonds is 6. The highest BCUT2D eigenvalue weighted by molar-refractivity contribution is 5.56. The minimum Gasteiger partial charge on any atom is -0.378 e. The fraction of sp³-hybridized carbons (Fsp3) is 0.154. The monoisotopic (exact) mass is 288 g/mol. The molecule has 8 nitrogen and oxygen atoms in total. The molecule has 2 rings (SSSR count). The van der Waals surface area contributed by atoms with Crippen LogP contribution in [-0.4, -0.2) is 21.4 Å². The third-order valence-electron chi connectivity index (χ3n) is 2.84. The highest BCUT2D eigenvalue weighted by Crippen LogP contribution is 2.20. The molecular weight excluding hydrogens is 276 g/mol. The first-order valence-corrected chi connectivity index (χ1v) is 6.14. The summed E-state index contributed by atoms with van der Waals surface area (Å²) in [6.45, 7) is 0.463. The van der Waals surface area contributed by atoms with Gasteiger partial charge in [0.15, 0.2) is 0 Å². The van der Waals surface area contributed by atoms with Crippen LogP contribution in [0.15, 0.2) is 42.6 Å². The maximum absolute atomic E-state index is 10.8. The van der Waals surface area contributed by atoms with Crippen LogP contribution in [0, 0.1) is 20.2 Å². The smallest absolute Gasteiger partial charge is 0.378 e. The van der Waals surface area contributed by atoms with E-state index in [2.05, 4.69) is 10.3 Å². The van der Waals surface area contributed by atoms with E-state index in [1.54, 1.807) is 24.3 Å². The first-order valence-electron chi connectivity index (χ1n) is 6.14. The molecule has 0 bridgehead atoms. The third kappa shape index (κ3) is 3.72. The van der Waals surface area contributed by atoms with Crippen LogP contribution in [0.5, 0.6) is 0 Å². The molecule has 1 N–H and O–H groups in total. The van der Waals surface area contributed by atoms with Crippen molar-refractivity contribution in [1.29, 1.82) is 0 Å². The molecule has 0 saturated carbocycles. The molecule has 0 aliphatic heterocycles. The number of non-ortho nitro benzene ring substituents is 1. The SMILES string of the molecule is O=[N+]([O-])c1ccc(CCNc2cccnc2[N+](=O)[O-])cc1. The molecule has 0 atom stereocenters. The number of nitro groups is 2. The molecule has 21 heavy (non-hydrogen) atoms. The van der Waals surface area contributed by atoms with E-state index < -0.39 is 9.85 Å². The standard InChI is InChI=1S/C13H12N4O4/c18-16(19)11-5-3-10(4-6-11)7-9-14-12-2-1-8-15-13(12)17(20)21/h1-6,8,14H,7,9H2. The zero-order valence-electron chi connectivity index (χ0n) is 10.9. The largest absolute Gasteiger partial charge is 0.386 e. The lowest BCUT2D eigenvalue weighted by Crippen LogP contribution is -2.07. The Labute approximate surface area is 119 Å². The Morgan fingerprint density at radius 3 is 2.38 bits per heavy atom. The summed E-state index contributed by atoms with van der Waals surface area (Å²) >= 11 is 0. The topological polar surface area (TPSA) is 111 Å². The quantitative estimate of drug-likeness (QED) is 0.645. The average molecular weight is 288 g/mol. The second-order valence-corrected chi connectivity index (χ2v) is 4.23. The van der Waals surface area contributed by atoms with Gasteiger partial charge in [0.05, 0.1) is 4.92 Å². The van der Waals surface area contributed by atoms with E-state index in [1.807, 2.05) is 0 Å². The molecule has 1 aromatic carbocycles. The number of hydrogen-bond donors (Lipinski definition) is 1.